The number of hydrogen-bond acceptors (Lipinski definition) is 6. The predicted octanol–water partition coefficient (Wildman–Crippen LogP) is 3.86. The molecule has 2 heterocycles. The van der Waals surface area contributed by atoms with Gasteiger partial charge in [-0.1, -0.05) is 0 Å². The molecule has 2 N–H and O–H groups in total. The number of carbonyl (C=O) groups is 1. The van der Waals surface area contributed by atoms with Gasteiger partial charge < -0.3 is 10.6 Å². The van der Waals surface area contributed by atoms with Crippen molar-refractivity contribution < 1.29 is 31.1 Å². The Kier molecular flexibility index (Phi) is 6.15. The van der Waals surface area contributed by atoms with Crippen LogP contribution in [0, 0.1) is 0 Å². The first-order valence-electron chi connectivity index (χ1n) is 10.1. The highest BCUT2D eigenvalue weighted by Gasteiger charge is 2.35. The summed E-state index contributed by atoms with van der Waals surface area (Å²) in [5.74, 6) is -0.685. The van der Waals surface area contributed by atoms with Crippen molar-refractivity contribution in [2.45, 2.75) is 43.7 Å². The maximum Gasteiger partial charge on any atom is 0.434 e. The van der Waals surface area contributed by atoms with E-state index in [0.717, 1.165) is 29.2 Å². The molecule has 2 aromatic heterocycles. The zero-order chi connectivity index (χ0) is 24.5. The minimum absolute atomic E-state index is 0.0617. The molecule has 34 heavy (non-hydrogen) atoms. The molecule has 1 aliphatic carbocycles. The molecule has 2 atom stereocenters. The Morgan fingerprint density at radius 1 is 0.941 bits per heavy atom. The van der Waals surface area contributed by atoms with E-state index in [9.17, 15) is 31.1 Å². The van der Waals surface area contributed by atoms with Crippen molar-refractivity contribution in [3.8, 4) is 5.69 Å². The molecule has 1 aromatic carbocycles. The third-order valence-corrected chi connectivity index (χ3v) is 5.31. The lowest BCUT2D eigenvalue weighted by molar-refractivity contribution is -0.141. The van der Waals surface area contributed by atoms with E-state index in [0.29, 0.717) is 25.5 Å². The second-order valence-corrected chi connectivity index (χ2v) is 7.59. The van der Waals surface area contributed by atoms with Crippen LogP contribution in [-0.4, -0.2) is 43.0 Å². The van der Waals surface area contributed by atoms with E-state index in [2.05, 4.69) is 30.8 Å². The molecular formula is C20H17F6N7O. The van der Waals surface area contributed by atoms with Gasteiger partial charge in [-0.25, -0.2) is 9.97 Å². The van der Waals surface area contributed by atoms with Gasteiger partial charge in [0.05, 0.1) is 41.6 Å². The zero-order valence-electron chi connectivity index (χ0n) is 17.2. The number of carbonyl (C=O) groups excluding carboxylic acids is 1. The number of amides is 1. The number of nitrogens with one attached hydrogen (secondary N) is 2. The summed E-state index contributed by atoms with van der Waals surface area (Å²) in [5, 5.41) is 13.4. The molecule has 180 valence electrons. The van der Waals surface area contributed by atoms with E-state index >= 15 is 0 Å². The van der Waals surface area contributed by atoms with Gasteiger partial charge >= 0.3 is 12.4 Å². The summed E-state index contributed by atoms with van der Waals surface area (Å²) in [4.78, 5) is 21.1. The average molecular weight is 485 g/mol. The fourth-order valence-corrected chi connectivity index (χ4v) is 3.70. The number of halogens is 6. The smallest absolute Gasteiger partial charge is 0.364 e. The van der Waals surface area contributed by atoms with Gasteiger partial charge in [0.1, 0.15) is 5.82 Å². The van der Waals surface area contributed by atoms with Crippen LogP contribution < -0.4 is 10.6 Å². The SMILES string of the molecule is O=C(N[C@H]1CCC[C@@H]1Nc1cnc(C(F)(F)F)cn1)c1cc(C(F)(F)F)ccc1-n1nccn1. The molecule has 3 aromatic rings. The summed E-state index contributed by atoms with van der Waals surface area (Å²) < 4.78 is 77.8. The molecule has 1 fully saturated rings. The van der Waals surface area contributed by atoms with Crippen LogP contribution >= 0.6 is 0 Å². The van der Waals surface area contributed by atoms with Gasteiger partial charge in [0.15, 0.2) is 5.69 Å². The molecule has 14 heteroatoms. The monoisotopic (exact) mass is 485 g/mol. The quantitative estimate of drug-likeness (QED) is 0.533. The third-order valence-electron chi connectivity index (χ3n) is 5.31. The number of benzene rings is 1. The summed E-state index contributed by atoms with van der Waals surface area (Å²) in [7, 11) is 0. The summed E-state index contributed by atoms with van der Waals surface area (Å²) in [6.45, 7) is 0. The molecule has 0 unspecified atom stereocenters. The Labute approximate surface area is 188 Å². The van der Waals surface area contributed by atoms with Crippen LogP contribution in [-0.2, 0) is 12.4 Å². The summed E-state index contributed by atoms with van der Waals surface area (Å²) >= 11 is 0. The number of alkyl halides is 6. The summed E-state index contributed by atoms with van der Waals surface area (Å²) in [6.07, 6.45) is -3.37. The standard InChI is InChI=1S/C20H17F6N7O/c21-19(22,23)11-4-5-15(33-29-6-7-30-33)12(8-11)18(34)32-14-3-1-2-13(14)31-17-10-27-16(9-28-17)20(24,25)26/h4-10,13-14H,1-3H2,(H,28,31)(H,32,34)/t13-,14-/m0/s1. The maximum atomic E-state index is 13.3. The first-order valence-corrected chi connectivity index (χ1v) is 10.1. The highest BCUT2D eigenvalue weighted by molar-refractivity contribution is 5.98. The number of rotatable bonds is 5. The molecule has 4 rings (SSSR count). The first kappa shape index (κ1) is 23.4. The first-order chi connectivity index (χ1) is 16.0. The molecule has 8 nitrogen and oxygen atoms in total. The van der Waals surface area contributed by atoms with Crippen molar-refractivity contribution in [3.05, 3.63) is 59.8 Å². The van der Waals surface area contributed by atoms with Crippen molar-refractivity contribution in [1.82, 2.24) is 30.3 Å². The van der Waals surface area contributed by atoms with Crippen molar-refractivity contribution in [1.29, 1.82) is 0 Å². The Bertz CT molecular complexity index is 1150. The molecule has 0 radical (unpaired) electrons. The van der Waals surface area contributed by atoms with Crippen LogP contribution in [0.15, 0.2) is 43.0 Å². The van der Waals surface area contributed by atoms with Gasteiger partial charge in [0.2, 0.25) is 0 Å². The van der Waals surface area contributed by atoms with E-state index in [1.54, 1.807) is 0 Å². The normalized spacial score (nSPS) is 18.6. The van der Waals surface area contributed by atoms with E-state index < -0.39 is 41.6 Å². The second-order valence-electron chi connectivity index (χ2n) is 7.59. The Morgan fingerprint density at radius 2 is 1.65 bits per heavy atom. The van der Waals surface area contributed by atoms with E-state index in [1.807, 2.05) is 0 Å². The van der Waals surface area contributed by atoms with Crippen LogP contribution in [0.3, 0.4) is 0 Å². The van der Waals surface area contributed by atoms with Gasteiger partial charge in [0, 0.05) is 12.1 Å². The molecule has 0 spiro atoms. The number of nitrogens with zero attached hydrogens (tertiary/aromatic N) is 5. The third kappa shape index (κ3) is 5.10. The lowest BCUT2D eigenvalue weighted by Gasteiger charge is -2.23. The Hall–Kier alpha value is -3.71. The average Bonchev–Trinajstić information content (AvgIpc) is 3.45. The molecule has 1 aliphatic rings. The number of anilines is 1. The Balaban J connectivity index is 1.53. The second kappa shape index (κ2) is 8.91. The molecule has 0 saturated heterocycles. The fraction of sp³-hybridized carbons (Fsp3) is 0.350. The van der Waals surface area contributed by atoms with Gasteiger partial charge in [-0.3, -0.25) is 4.79 Å². The van der Waals surface area contributed by atoms with Crippen molar-refractivity contribution >= 4 is 11.7 Å². The van der Waals surface area contributed by atoms with Crippen LogP contribution in [0.2, 0.25) is 0 Å². The molecule has 1 amide bonds. The fourth-order valence-electron chi connectivity index (χ4n) is 3.70. The van der Waals surface area contributed by atoms with Gasteiger partial charge in [-0.15, -0.1) is 0 Å². The van der Waals surface area contributed by atoms with Gasteiger partial charge in [-0.2, -0.15) is 41.3 Å². The number of aromatic nitrogens is 5. The van der Waals surface area contributed by atoms with Crippen LogP contribution in [0.1, 0.15) is 40.9 Å². The highest BCUT2D eigenvalue weighted by atomic mass is 19.4. The predicted molar refractivity (Wildman–Crippen MR) is 106 cm³/mol. The van der Waals surface area contributed by atoms with Crippen LogP contribution in [0.25, 0.3) is 5.69 Å². The van der Waals surface area contributed by atoms with Crippen molar-refractivity contribution in [2.75, 3.05) is 5.32 Å². The van der Waals surface area contributed by atoms with E-state index in [4.69, 9.17) is 0 Å². The van der Waals surface area contributed by atoms with Gasteiger partial charge in [0.25, 0.3) is 5.91 Å². The van der Waals surface area contributed by atoms with E-state index in [-0.39, 0.29) is 17.1 Å². The van der Waals surface area contributed by atoms with Crippen molar-refractivity contribution in [2.24, 2.45) is 0 Å². The lowest BCUT2D eigenvalue weighted by Crippen LogP contribution is -2.43. The minimum Gasteiger partial charge on any atom is -0.364 e. The van der Waals surface area contributed by atoms with Crippen LogP contribution in [0.5, 0.6) is 0 Å². The largest absolute Gasteiger partial charge is 0.434 e. The Morgan fingerprint density at radius 3 is 2.26 bits per heavy atom. The van der Waals surface area contributed by atoms with Crippen LogP contribution in [0.4, 0.5) is 32.2 Å². The topological polar surface area (TPSA) is 97.6 Å². The summed E-state index contributed by atoms with van der Waals surface area (Å²) in [5.41, 5.74) is -2.36. The maximum absolute atomic E-state index is 13.3. The van der Waals surface area contributed by atoms with E-state index in [1.165, 1.54) is 12.4 Å². The molecular weight excluding hydrogens is 468 g/mol. The highest BCUT2D eigenvalue weighted by Crippen LogP contribution is 2.32. The lowest BCUT2D eigenvalue weighted by atomic mass is 10.1. The number of hydrogen-bond donors (Lipinski definition) is 2. The molecule has 0 bridgehead atoms. The molecule has 0 aliphatic heterocycles. The minimum atomic E-state index is -4.66. The zero-order valence-corrected chi connectivity index (χ0v) is 17.2. The summed E-state index contributed by atoms with van der Waals surface area (Å²) in [6, 6.07) is 1.75. The van der Waals surface area contributed by atoms with Crippen molar-refractivity contribution in [3.63, 3.8) is 0 Å². The van der Waals surface area contributed by atoms with Gasteiger partial charge in [-0.05, 0) is 37.5 Å². The molecule has 1 saturated carbocycles.